The summed E-state index contributed by atoms with van der Waals surface area (Å²) in [6.07, 6.45) is 2.42. The van der Waals surface area contributed by atoms with Crippen molar-refractivity contribution in [3.8, 4) is 0 Å². The summed E-state index contributed by atoms with van der Waals surface area (Å²) in [7, 11) is 0. The van der Waals surface area contributed by atoms with E-state index in [1.54, 1.807) is 24.5 Å². The predicted octanol–water partition coefficient (Wildman–Crippen LogP) is 4.17. The number of fused-ring (bicyclic) bond motifs is 1. The average molecular weight is 499 g/mol. The minimum atomic E-state index is -1.57. The van der Waals surface area contributed by atoms with Crippen LogP contribution in [0.25, 0.3) is 0 Å². The van der Waals surface area contributed by atoms with Gasteiger partial charge in [-0.3, -0.25) is 19.4 Å². The van der Waals surface area contributed by atoms with Crippen molar-refractivity contribution in [2.75, 3.05) is 33.0 Å². The van der Waals surface area contributed by atoms with Crippen LogP contribution in [0.4, 0.5) is 4.39 Å². The Labute approximate surface area is 214 Å². The second-order valence-electron chi connectivity index (χ2n) is 9.57. The van der Waals surface area contributed by atoms with E-state index in [2.05, 4.69) is 17.0 Å². The number of ketones is 2. The van der Waals surface area contributed by atoms with Gasteiger partial charge in [0.05, 0.1) is 11.6 Å². The van der Waals surface area contributed by atoms with Crippen LogP contribution < -0.4 is 0 Å². The number of halogens is 1. The second kappa shape index (κ2) is 9.57. The van der Waals surface area contributed by atoms with Crippen LogP contribution in [0, 0.1) is 5.82 Å². The first-order valence-electron chi connectivity index (χ1n) is 12.5. The molecular formula is C30H27FN2O4. The molecule has 6 rings (SSSR count). The summed E-state index contributed by atoms with van der Waals surface area (Å²) in [5.74, 6) is -0.720. The number of carbonyl (C=O) groups is 2. The summed E-state index contributed by atoms with van der Waals surface area (Å²) in [4.78, 5) is 32.2. The lowest BCUT2D eigenvalue weighted by Crippen LogP contribution is -2.61. The van der Waals surface area contributed by atoms with Crippen LogP contribution in [0.1, 0.15) is 31.8 Å². The largest absolute Gasteiger partial charge is 0.462 e. The van der Waals surface area contributed by atoms with Gasteiger partial charge in [0.1, 0.15) is 12.1 Å². The molecule has 3 aromatic rings. The third kappa shape index (κ3) is 3.86. The normalized spacial score (nSPS) is 22.8. The molecule has 2 unspecified atom stereocenters. The van der Waals surface area contributed by atoms with Crippen LogP contribution >= 0.6 is 0 Å². The number of carbonyl (C=O) groups excluding carboxylic acids is 2. The lowest BCUT2D eigenvalue weighted by Gasteiger charge is -2.45. The van der Waals surface area contributed by atoms with E-state index in [0.717, 1.165) is 12.2 Å². The zero-order valence-electron chi connectivity index (χ0n) is 20.3. The first-order valence-corrected chi connectivity index (χ1v) is 12.5. The number of hydrogen-bond acceptors (Lipinski definition) is 6. The van der Waals surface area contributed by atoms with Crippen LogP contribution in [0.5, 0.6) is 0 Å². The molecule has 1 fully saturated rings. The molecule has 188 valence electrons. The van der Waals surface area contributed by atoms with Crippen LogP contribution in [-0.4, -0.2) is 60.4 Å². The van der Waals surface area contributed by atoms with E-state index >= 15 is 0 Å². The van der Waals surface area contributed by atoms with Crippen molar-refractivity contribution < 1.29 is 23.5 Å². The van der Waals surface area contributed by atoms with Gasteiger partial charge in [-0.15, -0.1) is 0 Å². The molecule has 1 saturated heterocycles. The minimum absolute atomic E-state index is 0.0376. The van der Waals surface area contributed by atoms with E-state index in [4.69, 9.17) is 9.47 Å². The SMILES string of the molecule is O=C1c2cccc(F)c2C(=O)C1(c1ccccc1)N1CCN(C(Cc2ccccc2)C2=COCO2)CC1. The van der Waals surface area contributed by atoms with E-state index in [9.17, 15) is 14.0 Å². The fraction of sp³-hybridized carbons (Fsp3) is 0.267. The quantitative estimate of drug-likeness (QED) is 0.476. The van der Waals surface area contributed by atoms with Gasteiger partial charge in [-0.05, 0) is 23.6 Å². The summed E-state index contributed by atoms with van der Waals surface area (Å²) in [6, 6.07) is 23.5. The number of Topliss-reactive ketones (excluding diaryl/α,β-unsaturated/α-hetero) is 2. The van der Waals surface area contributed by atoms with E-state index in [0.29, 0.717) is 31.7 Å². The van der Waals surface area contributed by atoms with Gasteiger partial charge in [-0.25, -0.2) is 4.39 Å². The summed E-state index contributed by atoms with van der Waals surface area (Å²) >= 11 is 0. The Morgan fingerprint density at radius 1 is 0.838 bits per heavy atom. The maximum absolute atomic E-state index is 14.9. The Kier molecular flexibility index (Phi) is 6.10. The van der Waals surface area contributed by atoms with E-state index in [1.165, 1.54) is 17.7 Å². The molecule has 6 nitrogen and oxygen atoms in total. The summed E-state index contributed by atoms with van der Waals surface area (Å²) in [6.45, 7) is 2.33. The zero-order chi connectivity index (χ0) is 25.4. The average Bonchev–Trinajstić information content (AvgIpc) is 3.55. The van der Waals surface area contributed by atoms with Crippen molar-refractivity contribution in [2.24, 2.45) is 0 Å². The molecule has 0 aromatic heterocycles. The van der Waals surface area contributed by atoms with Gasteiger partial charge in [-0.1, -0.05) is 72.8 Å². The summed E-state index contributed by atoms with van der Waals surface area (Å²) < 4.78 is 26.0. The summed E-state index contributed by atoms with van der Waals surface area (Å²) in [5, 5.41) is 0. The van der Waals surface area contributed by atoms with E-state index < -0.39 is 17.1 Å². The molecule has 2 atom stereocenters. The predicted molar refractivity (Wildman–Crippen MR) is 135 cm³/mol. The van der Waals surface area contributed by atoms with Crippen molar-refractivity contribution >= 4 is 11.6 Å². The van der Waals surface area contributed by atoms with Crippen molar-refractivity contribution in [2.45, 2.75) is 18.0 Å². The molecule has 0 radical (unpaired) electrons. The van der Waals surface area contributed by atoms with Gasteiger partial charge >= 0.3 is 0 Å². The number of nitrogens with zero attached hydrogens (tertiary/aromatic N) is 2. The van der Waals surface area contributed by atoms with Gasteiger partial charge in [0, 0.05) is 31.7 Å². The zero-order valence-corrected chi connectivity index (χ0v) is 20.3. The molecule has 3 aliphatic rings. The number of benzene rings is 3. The number of piperazine rings is 1. The van der Waals surface area contributed by atoms with Crippen molar-refractivity contribution in [3.05, 3.63) is 119 Å². The molecule has 2 aliphatic heterocycles. The Balaban J connectivity index is 1.32. The summed E-state index contributed by atoms with van der Waals surface area (Å²) in [5.41, 5.74) is 0.227. The monoisotopic (exact) mass is 498 g/mol. The molecule has 0 spiro atoms. The maximum Gasteiger partial charge on any atom is 0.229 e. The highest BCUT2D eigenvalue weighted by Crippen LogP contribution is 2.44. The van der Waals surface area contributed by atoms with Gasteiger partial charge in [0.15, 0.2) is 22.9 Å². The highest BCUT2D eigenvalue weighted by Gasteiger charge is 2.59. The molecule has 0 bridgehead atoms. The first kappa shape index (κ1) is 23.6. The lowest BCUT2D eigenvalue weighted by atomic mass is 9.82. The molecule has 1 aliphatic carbocycles. The van der Waals surface area contributed by atoms with Crippen molar-refractivity contribution in [1.29, 1.82) is 0 Å². The van der Waals surface area contributed by atoms with Gasteiger partial charge in [-0.2, -0.15) is 0 Å². The fourth-order valence-corrected chi connectivity index (χ4v) is 5.88. The number of ether oxygens (including phenoxy) is 2. The minimum Gasteiger partial charge on any atom is -0.462 e. The molecular weight excluding hydrogens is 471 g/mol. The highest BCUT2D eigenvalue weighted by molar-refractivity contribution is 6.33. The topological polar surface area (TPSA) is 59.1 Å². The highest BCUT2D eigenvalue weighted by atomic mass is 19.1. The molecule has 3 aromatic carbocycles. The third-order valence-corrected chi connectivity index (χ3v) is 7.66. The van der Waals surface area contributed by atoms with Crippen molar-refractivity contribution in [3.63, 3.8) is 0 Å². The molecule has 0 N–H and O–H groups in total. The Bertz CT molecular complexity index is 1350. The third-order valence-electron chi connectivity index (χ3n) is 7.66. The van der Waals surface area contributed by atoms with Gasteiger partial charge in [0.2, 0.25) is 6.79 Å². The lowest BCUT2D eigenvalue weighted by molar-refractivity contribution is 0.0136. The molecule has 0 saturated carbocycles. The van der Waals surface area contributed by atoms with E-state index in [1.807, 2.05) is 41.3 Å². The van der Waals surface area contributed by atoms with Crippen LogP contribution in [0.15, 0.2) is 90.9 Å². The first-order chi connectivity index (χ1) is 18.1. The number of hydrogen-bond donors (Lipinski definition) is 0. The Morgan fingerprint density at radius 3 is 2.19 bits per heavy atom. The molecule has 2 heterocycles. The fourth-order valence-electron chi connectivity index (χ4n) is 5.88. The Hall–Kier alpha value is -3.81. The smallest absolute Gasteiger partial charge is 0.229 e. The van der Waals surface area contributed by atoms with Gasteiger partial charge < -0.3 is 9.47 Å². The van der Waals surface area contributed by atoms with E-state index in [-0.39, 0.29) is 29.7 Å². The van der Waals surface area contributed by atoms with Crippen LogP contribution in [0.3, 0.4) is 0 Å². The molecule has 37 heavy (non-hydrogen) atoms. The van der Waals surface area contributed by atoms with Crippen LogP contribution in [0.2, 0.25) is 0 Å². The number of rotatable bonds is 6. The van der Waals surface area contributed by atoms with Crippen LogP contribution in [-0.2, 0) is 21.4 Å². The standard InChI is InChI=1S/C30H27FN2O4/c31-24-13-7-12-23-27(24)29(35)30(28(23)34,22-10-5-2-6-11-22)33-16-14-32(15-17-33)25(26-19-36-20-37-26)18-21-8-3-1-4-9-21/h1-13,19,25H,14-18,20H2. The van der Waals surface area contributed by atoms with Crippen molar-refractivity contribution in [1.82, 2.24) is 9.80 Å². The van der Waals surface area contributed by atoms with Gasteiger partial charge in [0.25, 0.3) is 0 Å². The maximum atomic E-state index is 14.9. The Morgan fingerprint density at radius 2 is 1.54 bits per heavy atom. The second-order valence-corrected chi connectivity index (χ2v) is 9.57. The molecule has 0 amide bonds. The molecule has 7 heteroatoms.